The molecule has 1 atom stereocenters. The molecule has 2 N–H and O–H groups in total. The minimum Gasteiger partial charge on any atom is -0.482 e. The Morgan fingerprint density at radius 3 is 2.95 bits per heavy atom. The SMILES string of the molecule is CSC1(CNC(C)c2ccc3c(c2)NC(=O)CO3)CCC1. The first-order chi connectivity index (χ1) is 10.1. The van der Waals surface area contributed by atoms with Crippen molar-refractivity contribution >= 4 is 23.4 Å². The molecular weight excluding hydrogens is 284 g/mol. The van der Waals surface area contributed by atoms with Crippen molar-refractivity contribution in [3.8, 4) is 5.75 Å². The van der Waals surface area contributed by atoms with E-state index in [4.69, 9.17) is 4.74 Å². The topological polar surface area (TPSA) is 50.4 Å². The number of hydrogen-bond donors (Lipinski definition) is 2. The number of rotatable bonds is 5. The van der Waals surface area contributed by atoms with Gasteiger partial charge >= 0.3 is 0 Å². The van der Waals surface area contributed by atoms with E-state index < -0.39 is 0 Å². The van der Waals surface area contributed by atoms with Gasteiger partial charge in [-0.05, 0) is 43.7 Å². The molecule has 1 aliphatic carbocycles. The molecule has 0 spiro atoms. The molecule has 1 aliphatic heterocycles. The highest BCUT2D eigenvalue weighted by Crippen LogP contribution is 2.42. The molecule has 0 bridgehead atoms. The Hall–Kier alpha value is -1.20. The number of hydrogen-bond acceptors (Lipinski definition) is 4. The quantitative estimate of drug-likeness (QED) is 0.878. The summed E-state index contributed by atoms with van der Waals surface area (Å²) in [4.78, 5) is 11.4. The lowest BCUT2D eigenvalue weighted by Crippen LogP contribution is -2.44. The summed E-state index contributed by atoms with van der Waals surface area (Å²) in [5, 5.41) is 6.50. The van der Waals surface area contributed by atoms with Crippen LogP contribution in [0, 0.1) is 0 Å². The monoisotopic (exact) mass is 306 g/mol. The average molecular weight is 306 g/mol. The maximum atomic E-state index is 11.4. The number of nitrogens with one attached hydrogen (secondary N) is 2. The second-order valence-electron chi connectivity index (χ2n) is 5.94. The van der Waals surface area contributed by atoms with Crippen LogP contribution in [0.25, 0.3) is 0 Å². The first-order valence-electron chi connectivity index (χ1n) is 7.47. The maximum absolute atomic E-state index is 11.4. The standard InChI is InChI=1S/C16H22N2O2S/c1-11(17-10-16(21-2)6-3-7-16)12-4-5-14-13(8-12)18-15(19)9-20-14/h4-5,8,11,17H,3,6-7,9-10H2,1-2H3,(H,18,19). The predicted octanol–water partition coefficient (Wildman–Crippen LogP) is 2.95. The van der Waals surface area contributed by atoms with Crippen molar-refractivity contribution in [3.05, 3.63) is 23.8 Å². The number of benzene rings is 1. The maximum Gasteiger partial charge on any atom is 0.262 e. The summed E-state index contributed by atoms with van der Waals surface area (Å²) < 4.78 is 5.82. The molecule has 21 heavy (non-hydrogen) atoms. The molecule has 3 rings (SSSR count). The summed E-state index contributed by atoms with van der Waals surface area (Å²) in [7, 11) is 0. The molecule has 1 saturated carbocycles. The summed E-state index contributed by atoms with van der Waals surface area (Å²) in [6.07, 6.45) is 6.17. The average Bonchev–Trinajstić information content (AvgIpc) is 2.45. The molecule has 5 heteroatoms. The van der Waals surface area contributed by atoms with Gasteiger partial charge < -0.3 is 15.4 Å². The normalized spacial score (nSPS) is 20.8. The van der Waals surface area contributed by atoms with E-state index in [-0.39, 0.29) is 18.6 Å². The van der Waals surface area contributed by atoms with E-state index in [0.29, 0.717) is 4.75 Å². The van der Waals surface area contributed by atoms with Gasteiger partial charge in [0.25, 0.3) is 5.91 Å². The minimum atomic E-state index is -0.0870. The Balaban J connectivity index is 1.66. The van der Waals surface area contributed by atoms with Gasteiger partial charge in [0.15, 0.2) is 6.61 Å². The van der Waals surface area contributed by atoms with E-state index in [1.165, 1.54) is 24.8 Å². The van der Waals surface area contributed by atoms with Crippen LogP contribution in [0.2, 0.25) is 0 Å². The summed E-state index contributed by atoms with van der Waals surface area (Å²) >= 11 is 1.98. The van der Waals surface area contributed by atoms with Gasteiger partial charge in [-0.3, -0.25) is 4.79 Å². The predicted molar refractivity (Wildman–Crippen MR) is 87.1 cm³/mol. The number of thioether (sulfide) groups is 1. The second-order valence-corrected chi connectivity index (χ2v) is 7.21. The zero-order valence-corrected chi connectivity index (χ0v) is 13.4. The first kappa shape index (κ1) is 14.7. The van der Waals surface area contributed by atoms with Crippen molar-refractivity contribution in [2.75, 3.05) is 24.7 Å². The van der Waals surface area contributed by atoms with Crippen LogP contribution in [0.3, 0.4) is 0 Å². The summed E-state index contributed by atoms with van der Waals surface area (Å²) in [6, 6.07) is 6.28. The Morgan fingerprint density at radius 2 is 2.29 bits per heavy atom. The van der Waals surface area contributed by atoms with Crippen LogP contribution in [-0.4, -0.2) is 30.1 Å². The van der Waals surface area contributed by atoms with Crippen molar-refractivity contribution in [2.45, 2.75) is 37.0 Å². The van der Waals surface area contributed by atoms with Crippen molar-refractivity contribution in [3.63, 3.8) is 0 Å². The van der Waals surface area contributed by atoms with Gasteiger partial charge in [0.05, 0.1) is 5.69 Å². The highest BCUT2D eigenvalue weighted by Gasteiger charge is 2.36. The molecule has 1 unspecified atom stereocenters. The van der Waals surface area contributed by atoms with Gasteiger partial charge in [-0.25, -0.2) is 0 Å². The zero-order chi connectivity index (χ0) is 14.9. The van der Waals surface area contributed by atoms with Gasteiger partial charge in [0, 0.05) is 17.3 Å². The van der Waals surface area contributed by atoms with Crippen LogP contribution in [0.5, 0.6) is 5.75 Å². The van der Waals surface area contributed by atoms with E-state index in [2.05, 4.69) is 29.9 Å². The summed E-state index contributed by atoms with van der Waals surface area (Å²) in [6.45, 7) is 3.31. The minimum absolute atomic E-state index is 0.0870. The van der Waals surface area contributed by atoms with Crippen LogP contribution in [0.4, 0.5) is 5.69 Å². The number of carbonyl (C=O) groups excluding carboxylic acids is 1. The highest BCUT2D eigenvalue weighted by atomic mass is 32.2. The number of anilines is 1. The molecule has 0 saturated heterocycles. The van der Waals surface area contributed by atoms with Crippen molar-refractivity contribution in [2.24, 2.45) is 0 Å². The van der Waals surface area contributed by atoms with E-state index in [9.17, 15) is 4.79 Å². The third-order valence-electron chi connectivity index (χ3n) is 4.56. The molecule has 1 heterocycles. The van der Waals surface area contributed by atoms with Crippen LogP contribution < -0.4 is 15.4 Å². The van der Waals surface area contributed by atoms with E-state index in [0.717, 1.165) is 18.0 Å². The fraction of sp³-hybridized carbons (Fsp3) is 0.562. The fourth-order valence-corrected chi connectivity index (χ4v) is 3.78. The first-order valence-corrected chi connectivity index (χ1v) is 8.69. The smallest absolute Gasteiger partial charge is 0.262 e. The van der Waals surface area contributed by atoms with Gasteiger partial charge in [-0.15, -0.1) is 0 Å². The lowest BCUT2D eigenvalue weighted by Gasteiger charge is -2.41. The zero-order valence-electron chi connectivity index (χ0n) is 12.6. The molecule has 4 nitrogen and oxygen atoms in total. The van der Waals surface area contributed by atoms with E-state index in [1.54, 1.807) is 0 Å². The molecule has 0 aromatic heterocycles. The van der Waals surface area contributed by atoms with Crippen LogP contribution in [-0.2, 0) is 4.79 Å². The second kappa shape index (κ2) is 5.89. The number of ether oxygens (including phenoxy) is 1. The number of amides is 1. The van der Waals surface area contributed by atoms with Crippen LogP contribution >= 0.6 is 11.8 Å². The molecular formula is C16H22N2O2S. The summed E-state index contributed by atoms with van der Waals surface area (Å²) in [5.41, 5.74) is 1.95. The molecule has 1 amide bonds. The number of carbonyl (C=O) groups is 1. The van der Waals surface area contributed by atoms with Gasteiger partial charge in [-0.2, -0.15) is 11.8 Å². The van der Waals surface area contributed by atoms with Crippen LogP contribution in [0.1, 0.15) is 37.8 Å². The van der Waals surface area contributed by atoms with Crippen molar-refractivity contribution in [1.29, 1.82) is 0 Å². The van der Waals surface area contributed by atoms with Gasteiger partial charge in [-0.1, -0.05) is 12.5 Å². The third kappa shape index (κ3) is 3.04. The lowest BCUT2D eigenvalue weighted by molar-refractivity contribution is -0.118. The third-order valence-corrected chi connectivity index (χ3v) is 5.98. The lowest BCUT2D eigenvalue weighted by atomic mass is 9.84. The fourth-order valence-electron chi connectivity index (χ4n) is 2.85. The Bertz CT molecular complexity index is 538. The molecule has 0 radical (unpaired) electrons. The van der Waals surface area contributed by atoms with E-state index >= 15 is 0 Å². The Labute approximate surface area is 130 Å². The van der Waals surface area contributed by atoms with Gasteiger partial charge in [0.2, 0.25) is 0 Å². The molecule has 1 aromatic rings. The van der Waals surface area contributed by atoms with Crippen molar-refractivity contribution in [1.82, 2.24) is 5.32 Å². The Morgan fingerprint density at radius 1 is 1.48 bits per heavy atom. The molecule has 2 aliphatic rings. The van der Waals surface area contributed by atoms with E-state index in [1.807, 2.05) is 23.9 Å². The summed E-state index contributed by atoms with van der Waals surface area (Å²) in [5.74, 6) is 0.668. The van der Waals surface area contributed by atoms with Crippen LogP contribution in [0.15, 0.2) is 18.2 Å². The Kier molecular flexibility index (Phi) is 4.13. The number of fused-ring (bicyclic) bond motifs is 1. The van der Waals surface area contributed by atoms with Gasteiger partial charge in [0.1, 0.15) is 5.75 Å². The van der Waals surface area contributed by atoms with Crippen molar-refractivity contribution < 1.29 is 9.53 Å². The molecule has 1 aromatic carbocycles. The molecule has 114 valence electrons. The largest absolute Gasteiger partial charge is 0.482 e. The highest BCUT2D eigenvalue weighted by molar-refractivity contribution is 8.00. The molecule has 1 fully saturated rings.